The van der Waals surface area contributed by atoms with E-state index in [4.69, 9.17) is 4.74 Å². The molecule has 0 saturated carbocycles. The molecule has 0 aliphatic carbocycles. The number of hydrogen-bond acceptors (Lipinski definition) is 2. The van der Waals surface area contributed by atoms with Gasteiger partial charge in [0.2, 0.25) is 0 Å². The van der Waals surface area contributed by atoms with Gasteiger partial charge in [-0.3, -0.25) is 4.79 Å². The van der Waals surface area contributed by atoms with Crippen LogP contribution in [0.15, 0.2) is 30.3 Å². The lowest BCUT2D eigenvalue weighted by Gasteiger charge is -2.12. The van der Waals surface area contributed by atoms with Crippen molar-refractivity contribution in [3.63, 3.8) is 0 Å². The average Bonchev–Trinajstić information content (AvgIpc) is 2.42. The lowest BCUT2D eigenvalue weighted by Crippen LogP contribution is -2.07. The molecule has 0 amide bonds. The predicted molar refractivity (Wildman–Crippen MR) is 81.8 cm³/mol. The number of methoxy groups -OCH3 is 1. The summed E-state index contributed by atoms with van der Waals surface area (Å²) in [5.41, 5.74) is 5.76. The van der Waals surface area contributed by atoms with Gasteiger partial charge in [0.1, 0.15) is 5.75 Å². The summed E-state index contributed by atoms with van der Waals surface area (Å²) >= 11 is 0. The molecule has 2 heteroatoms. The SMILES string of the molecule is COc1ccc(C)cc1C(=O)c1cc(C)c(C)cc1C. The predicted octanol–water partition coefficient (Wildman–Crippen LogP) is 4.16. The van der Waals surface area contributed by atoms with Crippen LogP contribution < -0.4 is 4.74 Å². The Hall–Kier alpha value is -2.09. The van der Waals surface area contributed by atoms with Crippen molar-refractivity contribution in [3.05, 3.63) is 63.7 Å². The van der Waals surface area contributed by atoms with Crippen molar-refractivity contribution in [2.24, 2.45) is 0 Å². The number of hydrogen-bond donors (Lipinski definition) is 0. The van der Waals surface area contributed by atoms with Crippen LogP contribution in [-0.2, 0) is 0 Å². The summed E-state index contributed by atoms with van der Waals surface area (Å²) in [6, 6.07) is 9.71. The summed E-state index contributed by atoms with van der Waals surface area (Å²) in [6.45, 7) is 8.04. The van der Waals surface area contributed by atoms with Crippen LogP contribution in [0.5, 0.6) is 5.75 Å². The Kier molecular flexibility index (Phi) is 3.93. The number of aryl methyl sites for hydroxylation is 4. The molecule has 0 saturated heterocycles. The number of carbonyl (C=O) groups is 1. The van der Waals surface area contributed by atoms with Crippen LogP contribution in [0.25, 0.3) is 0 Å². The molecule has 0 bridgehead atoms. The lowest BCUT2D eigenvalue weighted by molar-refractivity contribution is 0.103. The van der Waals surface area contributed by atoms with Gasteiger partial charge in [0.15, 0.2) is 5.78 Å². The zero-order valence-electron chi connectivity index (χ0n) is 12.7. The van der Waals surface area contributed by atoms with Gasteiger partial charge in [-0.1, -0.05) is 17.7 Å². The van der Waals surface area contributed by atoms with Crippen LogP contribution in [0.4, 0.5) is 0 Å². The molecule has 2 aromatic rings. The highest BCUT2D eigenvalue weighted by Gasteiger charge is 2.17. The molecule has 2 aromatic carbocycles. The normalized spacial score (nSPS) is 10.4. The van der Waals surface area contributed by atoms with Crippen LogP contribution >= 0.6 is 0 Å². The van der Waals surface area contributed by atoms with E-state index in [9.17, 15) is 4.79 Å². The van der Waals surface area contributed by atoms with Gasteiger partial charge in [-0.2, -0.15) is 0 Å². The van der Waals surface area contributed by atoms with Crippen LogP contribution in [-0.4, -0.2) is 12.9 Å². The molecule has 0 atom stereocenters. The average molecular weight is 268 g/mol. The summed E-state index contributed by atoms with van der Waals surface area (Å²) < 4.78 is 5.32. The highest BCUT2D eigenvalue weighted by Crippen LogP contribution is 2.25. The van der Waals surface area contributed by atoms with E-state index in [0.29, 0.717) is 11.3 Å². The van der Waals surface area contributed by atoms with Crippen molar-refractivity contribution in [3.8, 4) is 5.75 Å². The Bertz CT molecular complexity index is 669. The second kappa shape index (κ2) is 5.49. The standard InChI is InChI=1S/C18H20O2/c1-11-6-7-17(20-5)16(8-11)18(19)15-10-13(3)12(2)9-14(15)4/h6-10H,1-5H3. The Morgan fingerprint density at radius 1 is 0.850 bits per heavy atom. The summed E-state index contributed by atoms with van der Waals surface area (Å²) in [7, 11) is 1.59. The first-order valence-corrected chi connectivity index (χ1v) is 6.71. The van der Waals surface area contributed by atoms with Crippen molar-refractivity contribution >= 4 is 5.78 Å². The van der Waals surface area contributed by atoms with Crippen LogP contribution in [0, 0.1) is 27.7 Å². The fourth-order valence-electron chi connectivity index (χ4n) is 2.35. The molecule has 0 heterocycles. The molecule has 0 aliphatic heterocycles. The van der Waals surface area contributed by atoms with Gasteiger partial charge in [-0.25, -0.2) is 0 Å². The molecule has 104 valence electrons. The smallest absolute Gasteiger partial charge is 0.197 e. The van der Waals surface area contributed by atoms with Gasteiger partial charge in [-0.15, -0.1) is 0 Å². The van der Waals surface area contributed by atoms with Gasteiger partial charge >= 0.3 is 0 Å². The van der Waals surface area contributed by atoms with Crippen LogP contribution in [0.3, 0.4) is 0 Å². The van der Waals surface area contributed by atoms with E-state index in [0.717, 1.165) is 22.3 Å². The number of rotatable bonds is 3. The second-order valence-corrected chi connectivity index (χ2v) is 5.28. The molecular weight excluding hydrogens is 248 g/mol. The van der Waals surface area contributed by atoms with Crippen LogP contribution in [0.1, 0.15) is 38.2 Å². The molecule has 0 radical (unpaired) electrons. The first kappa shape index (κ1) is 14.3. The van der Waals surface area contributed by atoms with Crippen LogP contribution in [0.2, 0.25) is 0 Å². The van der Waals surface area contributed by atoms with Crippen molar-refractivity contribution in [2.75, 3.05) is 7.11 Å². The summed E-state index contributed by atoms with van der Waals surface area (Å²) in [6.07, 6.45) is 0. The van der Waals surface area contributed by atoms with Crippen molar-refractivity contribution in [2.45, 2.75) is 27.7 Å². The summed E-state index contributed by atoms with van der Waals surface area (Å²) in [5.74, 6) is 0.643. The topological polar surface area (TPSA) is 26.3 Å². The zero-order chi connectivity index (χ0) is 14.9. The summed E-state index contributed by atoms with van der Waals surface area (Å²) in [4.78, 5) is 12.8. The van der Waals surface area contributed by atoms with Crippen molar-refractivity contribution in [1.82, 2.24) is 0 Å². The van der Waals surface area contributed by atoms with E-state index in [1.54, 1.807) is 7.11 Å². The molecule has 0 unspecified atom stereocenters. The van der Waals surface area contributed by atoms with Gasteiger partial charge in [0.25, 0.3) is 0 Å². The monoisotopic (exact) mass is 268 g/mol. The Balaban J connectivity index is 2.57. The fourth-order valence-corrected chi connectivity index (χ4v) is 2.35. The van der Waals surface area contributed by atoms with E-state index < -0.39 is 0 Å². The van der Waals surface area contributed by atoms with Gasteiger partial charge in [0, 0.05) is 5.56 Å². The highest BCUT2D eigenvalue weighted by atomic mass is 16.5. The third kappa shape index (κ3) is 2.60. The number of carbonyl (C=O) groups excluding carboxylic acids is 1. The Morgan fingerprint density at radius 3 is 2.15 bits per heavy atom. The van der Waals surface area contributed by atoms with E-state index in [1.807, 2.05) is 45.0 Å². The zero-order valence-corrected chi connectivity index (χ0v) is 12.7. The second-order valence-electron chi connectivity index (χ2n) is 5.28. The minimum Gasteiger partial charge on any atom is -0.496 e. The molecular formula is C18H20O2. The maximum atomic E-state index is 12.8. The maximum absolute atomic E-state index is 12.8. The third-order valence-corrected chi connectivity index (χ3v) is 3.68. The van der Waals surface area contributed by atoms with E-state index in [2.05, 4.69) is 13.0 Å². The van der Waals surface area contributed by atoms with Crippen molar-refractivity contribution in [1.29, 1.82) is 0 Å². The first-order chi connectivity index (χ1) is 9.43. The molecule has 0 aliphatic rings. The third-order valence-electron chi connectivity index (χ3n) is 3.68. The van der Waals surface area contributed by atoms with E-state index in [-0.39, 0.29) is 5.78 Å². The Morgan fingerprint density at radius 2 is 1.50 bits per heavy atom. The molecule has 20 heavy (non-hydrogen) atoms. The fraction of sp³-hybridized carbons (Fsp3) is 0.278. The van der Waals surface area contributed by atoms with Crippen molar-refractivity contribution < 1.29 is 9.53 Å². The first-order valence-electron chi connectivity index (χ1n) is 6.71. The minimum atomic E-state index is 0.0196. The number of ether oxygens (including phenoxy) is 1. The molecule has 0 spiro atoms. The maximum Gasteiger partial charge on any atom is 0.197 e. The summed E-state index contributed by atoms with van der Waals surface area (Å²) in [5, 5.41) is 0. The number of ketones is 1. The molecule has 2 nitrogen and oxygen atoms in total. The minimum absolute atomic E-state index is 0.0196. The van der Waals surface area contributed by atoms with E-state index >= 15 is 0 Å². The Labute approximate surface area is 120 Å². The molecule has 0 fully saturated rings. The van der Waals surface area contributed by atoms with Gasteiger partial charge in [-0.05, 0) is 62.6 Å². The largest absolute Gasteiger partial charge is 0.496 e. The van der Waals surface area contributed by atoms with Gasteiger partial charge < -0.3 is 4.74 Å². The molecule has 0 aromatic heterocycles. The number of benzene rings is 2. The van der Waals surface area contributed by atoms with E-state index in [1.165, 1.54) is 5.56 Å². The van der Waals surface area contributed by atoms with Gasteiger partial charge in [0.05, 0.1) is 12.7 Å². The highest BCUT2D eigenvalue weighted by molar-refractivity contribution is 6.11. The lowest BCUT2D eigenvalue weighted by atomic mass is 9.94. The molecule has 2 rings (SSSR count). The quantitative estimate of drug-likeness (QED) is 0.781. The molecule has 0 N–H and O–H groups in total.